The second-order valence-electron chi connectivity index (χ2n) is 8.14. The Balaban J connectivity index is 2.13. The van der Waals surface area contributed by atoms with Crippen LogP contribution in [0.25, 0.3) is 0 Å². The molecule has 2 rings (SSSR count). The van der Waals surface area contributed by atoms with Gasteiger partial charge in [0.15, 0.2) is 8.32 Å². The van der Waals surface area contributed by atoms with Gasteiger partial charge < -0.3 is 19.6 Å². The summed E-state index contributed by atoms with van der Waals surface area (Å²) in [5.74, 6) is 0.196. The van der Waals surface area contributed by atoms with Crippen LogP contribution in [0.5, 0.6) is 0 Å². The van der Waals surface area contributed by atoms with Crippen LogP contribution >= 0.6 is 0 Å². The Morgan fingerprint density at radius 3 is 2.77 bits per heavy atom. The molecule has 1 aliphatic rings. The first-order valence-corrected chi connectivity index (χ1v) is 11.8. The maximum Gasteiger partial charge on any atom is 0.351 e. The first kappa shape index (κ1) is 20.8. The van der Waals surface area contributed by atoms with E-state index in [0.29, 0.717) is 19.6 Å². The lowest BCUT2D eigenvalue weighted by Crippen LogP contribution is -2.44. The van der Waals surface area contributed by atoms with Crippen molar-refractivity contribution in [2.75, 3.05) is 18.9 Å². The van der Waals surface area contributed by atoms with Crippen LogP contribution < -0.4 is 11.4 Å². The number of nitrogens with two attached hydrogens (primary N) is 1. The van der Waals surface area contributed by atoms with Crippen molar-refractivity contribution in [2.45, 2.75) is 63.8 Å². The molecule has 26 heavy (non-hydrogen) atoms. The van der Waals surface area contributed by atoms with Gasteiger partial charge in [-0.25, -0.2) is 4.79 Å². The normalized spacial score (nSPS) is 24.0. The highest BCUT2D eigenvalue weighted by atomic mass is 28.4. The van der Waals surface area contributed by atoms with E-state index in [2.05, 4.69) is 45.4 Å². The van der Waals surface area contributed by atoms with E-state index in [1.807, 2.05) is 0 Å². The maximum atomic E-state index is 12.1. The van der Waals surface area contributed by atoms with E-state index in [0.717, 1.165) is 0 Å². The second kappa shape index (κ2) is 8.04. The standard InChI is InChI=1S/C18H31N3O4Si/c1-7-10-23-13-11-16(21-9-8-15(19)20-17(21)22)25-14(13)12-24-26(5,6)18(2,3)4/h7-9,13-14,16H,1,10-12H2,2-6H3,(H2,19,20,22)/t13-,14+,16+/m0/s1. The number of rotatable bonds is 7. The van der Waals surface area contributed by atoms with Gasteiger partial charge in [-0.05, 0) is 24.2 Å². The van der Waals surface area contributed by atoms with Gasteiger partial charge in [-0.3, -0.25) is 4.57 Å². The summed E-state index contributed by atoms with van der Waals surface area (Å²) >= 11 is 0. The van der Waals surface area contributed by atoms with Gasteiger partial charge in [-0.2, -0.15) is 4.98 Å². The molecule has 0 unspecified atom stereocenters. The number of ether oxygens (including phenoxy) is 2. The molecule has 0 aromatic carbocycles. The number of hydrogen-bond acceptors (Lipinski definition) is 6. The van der Waals surface area contributed by atoms with E-state index < -0.39 is 20.2 Å². The smallest absolute Gasteiger partial charge is 0.351 e. The zero-order valence-corrected chi connectivity index (χ0v) is 17.4. The van der Waals surface area contributed by atoms with Gasteiger partial charge >= 0.3 is 5.69 Å². The maximum absolute atomic E-state index is 12.1. The highest BCUT2D eigenvalue weighted by Crippen LogP contribution is 2.38. The van der Waals surface area contributed by atoms with Gasteiger partial charge in [-0.15, -0.1) is 6.58 Å². The quantitative estimate of drug-likeness (QED) is 0.577. The summed E-state index contributed by atoms with van der Waals surface area (Å²) < 4.78 is 19.7. The van der Waals surface area contributed by atoms with Gasteiger partial charge in [0.05, 0.1) is 19.3 Å². The molecule has 0 radical (unpaired) electrons. The number of nitrogens with zero attached hydrogens (tertiary/aromatic N) is 2. The summed E-state index contributed by atoms with van der Waals surface area (Å²) in [6.07, 6.45) is 2.99. The Morgan fingerprint density at radius 2 is 2.19 bits per heavy atom. The van der Waals surface area contributed by atoms with Crippen molar-refractivity contribution in [3.8, 4) is 0 Å². The SMILES string of the molecule is C=CCO[C@H]1C[C@H](n2ccc(N)nc2=O)O[C@@H]1CO[Si](C)(C)C(C)(C)C. The van der Waals surface area contributed by atoms with Crippen LogP contribution in [-0.2, 0) is 13.9 Å². The van der Waals surface area contributed by atoms with E-state index in [4.69, 9.17) is 19.6 Å². The molecule has 0 amide bonds. The zero-order valence-electron chi connectivity index (χ0n) is 16.4. The van der Waals surface area contributed by atoms with Gasteiger partial charge in [0.2, 0.25) is 0 Å². The molecule has 2 N–H and O–H groups in total. The molecule has 8 heteroatoms. The third kappa shape index (κ3) is 4.82. The average molecular weight is 382 g/mol. The molecule has 2 heterocycles. The number of aromatic nitrogens is 2. The summed E-state index contributed by atoms with van der Waals surface area (Å²) in [6.45, 7) is 15.6. The molecular formula is C18H31N3O4Si. The topological polar surface area (TPSA) is 88.6 Å². The summed E-state index contributed by atoms with van der Waals surface area (Å²) in [4.78, 5) is 15.9. The Bertz CT molecular complexity index is 684. The van der Waals surface area contributed by atoms with Crippen LogP contribution in [0.1, 0.15) is 33.4 Å². The second-order valence-corrected chi connectivity index (χ2v) is 12.9. The average Bonchev–Trinajstić information content (AvgIpc) is 2.92. The van der Waals surface area contributed by atoms with Crippen LogP contribution in [0.15, 0.2) is 29.7 Å². The minimum atomic E-state index is -1.91. The minimum absolute atomic E-state index is 0.111. The van der Waals surface area contributed by atoms with Crippen molar-refractivity contribution in [1.29, 1.82) is 0 Å². The molecule has 0 bridgehead atoms. The summed E-state index contributed by atoms with van der Waals surface area (Å²) in [5, 5.41) is 0.111. The van der Waals surface area contributed by atoms with Crippen LogP contribution in [0.4, 0.5) is 5.82 Å². The molecule has 1 saturated heterocycles. The van der Waals surface area contributed by atoms with Gasteiger partial charge in [0.25, 0.3) is 0 Å². The van der Waals surface area contributed by atoms with Crippen molar-refractivity contribution in [1.82, 2.24) is 9.55 Å². The van der Waals surface area contributed by atoms with E-state index in [1.165, 1.54) is 4.57 Å². The molecule has 1 aromatic heterocycles. The molecule has 0 spiro atoms. The fourth-order valence-electron chi connectivity index (χ4n) is 2.54. The molecule has 0 saturated carbocycles. The molecule has 1 aliphatic heterocycles. The van der Waals surface area contributed by atoms with Crippen molar-refractivity contribution in [2.24, 2.45) is 0 Å². The van der Waals surface area contributed by atoms with E-state index >= 15 is 0 Å². The Labute approximate surface area is 156 Å². The largest absolute Gasteiger partial charge is 0.414 e. The third-order valence-electron chi connectivity index (χ3n) is 5.19. The van der Waals surface area contributed by atoms with Crippen molar-refractivity contribution < 1.29 is 13.9 Å². The predicted octanol–water partition coefficient (Wildman–Crippen LogP) is 2.71. The highest BCUT2D eigenvalue weighted by molar-refractivity contribution is 6.74. The lowest BCUT2D eigenvalue weighted by Gasteiger charge is -2.37. The minimum Gasteiger partial charge on any atom is -0.414 e. The fourth-order valence-corrected chi connectivity index (χ4v) is 3.55. The molecule has 1 aromatic rings. The third-order valence-corrected chi connectivity index (χ3v) is 9.69. The van der Waals surface area contributed by atoms with E-state index in [9.17, 15) is 4.79 Å². The van der Waals surface area contributed by atoms with E-state index in [-0.39, 0.29) is 23.1 Å². The molecular weight excluding hydrogens is 350 g/mol. The number of anilines is 1. The first-order chi connectivity index (χ1) is 12.0. The summed E-state index contributed by atoms with van der Waals surface area (Å²) in [6, 6.07) is 1.59. The monoisotopic (exact) mass is 381 g/mol. The molecule has 146 valence electrons. The zero-order chi connectivity index (χ0) is 19.5. The van der Waals surface area contributed by atoms with Crippen LogP contribution in [0.3, 0.4) is 0 Å². The van der Waals surface area contributed by atoms with Crippen molar-refractivity contribution in [3.63, 3.8) is 0 Å². The van der Waals surface area contributed by atoms with E-state index in [1.54, 1.807) is 18.3 Å². The Kier molecular flexibility index (Phi) is 6.44. The van der Waals surface area contributed by atoms with Gasteiger partial charge in [0, 0.05) is 12.6 Å². The number of hydrogen-bond donors (Lipinski definition) is 1. The fraction of sp³-hybridized carbons (Fsp3) is 0.667. The lowest BCUT2D eigenvalue weighted by molar-refractivity contribution is -0.0556. The van der Waals surface area contributed by atoms with Gasteiger partial charge in [-0.1, -0.05) is 26.8 Å². The summed E-state index contributed by atoms with van der Waals surface area (Å²) in [5.41, 5.74) is 5.14. The van der Waals surface area contributed by atoms with Crippen LogP contribution in [-0.4, -0.2) is 43.3 Å². The molecule has 7 nitrogen and oxygen atoms in total. The molecule has 3 atom stereocenters. The van der Waals surface area contributed by atoms with Crippen LogP contribution in [0, 0.1) is 0 Å². The highest BCUT2D eigenvalue weighted by Gasteiger charge is 2.42. The lowest BCUT2D eigenvalue weighted by atomic mass is 10.2. The van der Waals surface area contributed by atoms with Gasteiger partial charge in [0.1, 0.15) is 18.1 Å². The molecule has 1 fully saturated rings. The summed E-state index contributed by atoms with van der Waals surface area (Å²) in [7, 11) is -1.91. The van der Waals surface area contributed by atoms with Crippen molar-refractivity contribution in [3.05, 3.63) is 35.4 Å². The van der Waals surface area contributed by atoms with Crippen molar-refractivity contribution >= 4 is 14.1 Å². The predicted molar refractivity (Wildman–Crippen MR) is 105 cm³/mol. The Morgan fingerprint density at radius 1 is 1.50 bits per heavy atom. The van der Waals surface area contributed by atoms with Crippen LogP contribution in [0.2, 0.25) is 18.1 Å². The number of nitrogen functional groups attached to an aromatic ring is 1. The Hall–Kier alpha value is -1.48. The first-order valence-electron chi connectivity index (χ1n) is 8.92. The molecule has 0 aliphatic carbocycles.